The van der Waals surface area contributed by atoms with Gasteiger partial charge < -0.3 is 4.74 Å². The summed E-state index contributed by atoms with van der Waals surface area (Å²) in [5.74, 6) is -3.56. The second-order valence-corrected chi connectivity index (χ2v) is 8.30. The number of para-hydroxylation sites is 2. The molecular weight excluding hydrogens is 401 g/mol. The molecule has 1 aromatic carbocycles. The van der Waals surface area contributed by atoms with Crippen LogP contribution < -0.4 is 9.64 Å². The Bertz CT molecular complexity index is 939. The number of allylic oxidation sites excluding steroid dienone is 2. The van der Waals surface area contributed by atoms with Crippen molar-refractivity contribution in [1.29, 1.82) is 0 Å². The smallest absolute Gasteiger partial charge is 0.471 e. The zero-order valence-electron chi connectivity index (χ0n) is 16.0. The number of benzene rings is 1. The molecule has 3 amide bonds. The maximum atomic E-state index is 13.3. The second kappa shape index (κ2) is 6.33. The van der Waals surface area contributed by atoms with Gasteiger partial charge in [-0.25, -0.2) is 0 Å². The topological polar surface area (TPSA) is 66.9 Å². The van der Waals surface area contributed by atoms with Crippen LogP contribution in [0, 0.1) is 35.5 Å². The fraction of sp³-hybridized carbons (Fsp3) is 0.476. The van der Waals surface area contributed by atoms with Gasteiger partial charge in [0.1, 0.15) is 12.4 Å². The van der Waals surface area contributed by atoms with E-state index >= 15 is 0 Å². The third-order valence-electron chi connectivity index (χ3n) is 6.90. The van der Waals surface area contributed by atoms with Crippen molar-refractivity contribution in [3.05, 3.63) is 36.4 Å². The van der Waals surface area contributed by atoms with Gasteiger partial charge in [0.25, 0.3) is 0 Å². The van der Waals surface area contributed by atoms with Crippen LogP contribution in [-0.2, 0) is 14.4 Å². The fourth-order valence-corrected chi connectivity index (χ4v) is 5.56. The van der Waals surface area contributed by atoms with E-state index in [9.17, 15) is 27.6 Å². The van der Waals surface area contributed by atoms with E-state index in [0.29, 0.717) is 16.7 Å². The largest absolute Gasteiger partial charge is 0.495 e. The summed E-state index contributed by atoms with van der Waals surface area (Å²) in [5, 5.41) is 0. The predicted molar refractivity (Wildman–Crippen MR) is 98.0 cm³/mol. The summed E-state index contributed by atoms with van der Waals surface area (Å²) in [7, 11) is 1.27. The van der Waals surface area contributed by atoms with Crippen LogP contribution in [0.2, 0.25) is 0 Å². The number of nitrogens with zero attached hydrogens (tertiary/aromatic N) is 2. The molecule has 4 aliphatic carbocycles. The Morgan fingerprint density at radius 3 is 2.20 bits per heavy atom. The number of hydrogen-bond acceptors (Lipinski definition) is 4. The number of rotatable bonds is 4. The number of likely N-dealkylation sites (tertiary alicyclic amines) is 1. The van der Waals surface area contributed by atoms with Crippen molar-refractivity contribution in [2.45, 2.75) is 12.6 Å². The summed E-state index contributed by atoms with van der Waals surface area (Å²) in [4.78, 5) is 39.7. The monoisotopic (exact) mass is 420 g/mol. The summed E-state index contributed by atoms with van der Waals surface area (Å²) >= 11 is 0. The minimum Gasteiger partial charge on any atom is -0.495 e. The molecule has 1 heterocycles. The lowest BCUT2D eigenvalue weighted by molar-refractivity contribution is -0.171. The van der Waals surface area contributed by atoms with Crippen molar-refractivity contribution in [1.82, 2.24) is 4.90 Å². The molecule has 1 aliphatic heterocycles. The van der Waals surface area contributed by atoms with Crippen molar-refractivity contribution in [3.8, 4) is 5.75 Å². The van der Waals surface area contributed by atoms with Crippen LogP contribution in [0.5, 0.6) is 5.75 Å². The molecule has 1 saturated heterocycles. The average Bonchev–Trinajstić information content (AvgIpc) is 3.51. The molecule has 30 heavy (non-hydrogen) atoms. The Balaban J connectivity index is 1.49. The number of halogens is 3. The lowest BCUT2D eigenvalue weighted by Gasteiger charge is -2.37. The maximum Gasteiger partial charge on any atom is 0.471 e. The van der Waals surface area contributed by atoms with Gasteiger partial charge in [-0.3, -0.25) is 24.2 Å². The first-order valence-electron chi connectivity index (χ1n) is 9.79. The molecule has 3 fully saturated rings. The van der Waals surface area contributed by atoms with Gasteiger partial charge in [-0.05, 0) is 42.2 Å². The van der Waals surface area contributed by atoms with E-state index in [2.05, 4.69) is 0 Å². The highest BCUT2D eigenvalue weighted by atomic mass is 19.4. The van der Waals surface area contributed by atoms with Gasteiger partial charge in [-0.15, -0.1) is 0 Å². The molecule has 0 aromatic heterocycles. The first kappa shape index (κ1) is 19.1. The SMILES string of the molecule is COc1ccccc1N(CN1C(=O)C2C3C=CC(C4CC34)C2C1=O)C(=O)C(F)(F)F. The van der Waals surface area contributed by atoms with Gasteiger partial charge in [0.15, 0.2) is 0 Å². The maximum absolute atomic E-state index is 13.3. The number of methoxy groups -OCH3 is 1. The van der Waals surface area contributed by atoms with E-state index in [1.165, 1.54) is 25.3 Å². The Labute approximate surface area is 170 Å². The second-order valence-electron chi connectivity index (χ2n) is 8.30. The Kier molecular flexibility index (Phi) is 4.04. The average molecular weight is 420 g/mol. The van der Waals surface area contributed by atoms with Crippen LogP contribution in [0.4, 0.5) is 18.9 Å². The summed E-state index contributed by atoms with van der Waals surface area (Å²) in [6, 6.07) is 5.71. The summed E-state index contributed by atoms with van der Waals surface area (Å²) in [6.07, 6.45) is -0.238. The molecule has 158 valence electrons. The molecule has 0 N–H and O–H groups in total. The molecule has 2 saturated carbocycles. The number of imide groups is 1. The fourth-order valence-electron chi connectivity index (χ4n) is 5.56. The molecule has 6 nitrogen and oxygen atoms in total. The normalized spacial score (nSPS) is 33.4. The molecule has 0 radical (unpaired) electrons. The van der Waals surface area contributed by atoms with E-state index < -0.39 is 42.4 Å². The molecule has 6 atom stereocenters. The zero-order valence-corrected chi connectivity index (χ0v) is 16.0. The number of amides is 3. The Hall–Kier alpha value is -2.84. The van der Waals surface area contributed by atoms with E-state index in [4.69, 9.17) is 4.74 Å². The Morgan fingerprint density at radius 2 is 1.67 bits per heavy atom. The van der Waals surface area contributed by atoms with Crippen molar-refractivity contribution >= 4 is 23.4 Å². The van der Waals surface area contributed by atoms with Crippen LogP contribution in [0.15, 0.2) is 36.4 Å². The number of anilines is 1. The molecule has 2 bridgehead atoms. The summed E-state index contributed by atoms with van der Waals surface area (Å²) in [5.41, 5.74) is -0.151. The van der Waals surface area contributed by atoms with Crippen molar-refractivity contribution in [2.24, 2.45) is 35.5 Å². The first-order chi connectivity index (χ1) is 14.2. The van der Waals surface area contributed by atoms with Gasteiger partial charge in [-0.1, -0.05) is 24.3 Å². The highest BCUT2D eigenvalue weighted by molar-refractivity contribution is 6.08. The van der Waals surface area contributed by atoms with Crippen LogP contribution in [-0.4, -0.2) is 42.6 Å². The minimum atomic E-state index is -5.18. The van der Waals surface area contributed by atoms with Gasteiger partial charge in [0.2, 0.25) is 11.8 Å². The van der Waals surface area contributed by atoms with E-state index in [0.717, 1.165) is 11.3 Å². The highest BCUT2D eigenvalue weighted by Gasteiger charge is 2.67. The van der Waals surface area contributed by atoms with Crippen molar-refractivity contribution in [2.75, 3.05) is 18.7 Å². The van der Waals surface area contributed by atoms with E-state index in [-0.39, 0.29) is 23.3 Å². The highest BCUT2D eigenvalue weighted by Crippen LogP contribution is 2.65. The van der Waals surface area contributed by atoms with Crippen molar-refractivity contribution in [3.63, 3.8) is 0 Å². The lowest BCUT2D eigenvalue weighted by atomic mass is 9.63. The van der Waals surface area contributed by atoms with Gasteiger partial charge in [0.05, 0.1) is 24.6 Å². The molecule has 1 aromatic rings. The predicted octanol–water partition coefficient (Wildman–Crippen LogP) is 2.60. The zero-order chi connectivity index (χ0) is 21.4. The number of ether oxygens (including phenoxy) is 1. The number of hydrogen-bond donors (Lipinski definition) is 0. The van der Waals surface area contributed by atoms with Crippen LogP contribution in [0.3, 0.4) is 0 Å². The quantitative estimate of drug-likeness (QED) is 0.555. The standard InChI is InChI=1S/C21H19F3N2O4/c1-30-15-5-3-2-4-14(15)25(20(29)21(22,23)24)9-26-18(27)16-10-6-7-11(13-8-12(10)13)17(16)19(26)28/h2-7,10-13,16-17H,8-9H2,1H3. The minimum absolute atomic E-state index is 0.0367. The molecule has 6 rings (SSSR count). The van der Waals surface area contributed by atoms with Crippen LogP contribution in [0.25, 0.3) is 0 Å². The van der Waals surface area contributed by atoms with Crippen LogP contribution in [0.1, 0.15) is 6.42 Å². The molecule has 9 heteroatoms. The third-order valence-corrected chi connectivity index (χ3v) is 6.90. The molecule has 6 unspecified atom stereocenters. The third kappa shape index (κ3) is 2.60. The van der Waals surface area contributed by atoms with E-state index in [1.54, 1.807) is 6.07 Å². The number of carbonyl (C=O) groups is 3. The molecule has 0 spiro atoms. The van der Waals surface area contributed by atoms with Gasteiger partial charge >= 0.3 is 12.1 Å². The first-order valence-corrected chi connectivity index (χ1v) is 9.79. The van der Waals surface area contributed by atoms with E-state index in [1.807, 2.05) is 12.2 Å². The lowest BCUT2D eigenvalue weighted by Crippen LogP contribution is -2.49. The molecular formula is C21H19F3N2O4. The van der Waals surface area contributed by atoms with Crippen molar-refractivity contribution < 1.29 is 32.3 Å². The number of alkyl halides is 3. The Morgan fingerprint density at radius 1 is 1.10 bits per heavy atom. The summed E-state index contributed by atoms with van der Waals surface area (Å²) in [6.45, 7) is -0.793. The summed E-state index contributed by atoms with van der Waals surface area (Å²) < 4.78 is 45.1. The van der Waals surface area contributed by atoms with Gasteiger partial charge in [-0.2, -0.15) is 13.2 Å². The van der Waals surface area contributed by atoms with Gasteiger partial charge in [0, 0.05) is 0 Å². The number of carbonyl (C=O) groups excluding carboxylic acids is 3. The van der Waals surface area contributed by atoms with Crippen LogP contribution >= 0.6 is 0 Å². The molecule has 5 aliphatic rings.